The molecule has 1 saturated carbocycles. The highest BCUT2D eigenvalue weighted by Gasteiger charge is 2.29. The Morgan fingerprint density at radius 1 is 1.21 bits per heavy atom. The van der Waals surface area contributed by atoms with Gasteiger partial charge in [0, 0.05) is 12.6 Å². The van der Waals surface area contributed by atoms with Crippen LogP contribution >= 0.6 is 0 Å². The molecule has 0 bridgehead atoms. The molecule has 1 aromatic carbocycles. The monoisotopic (exact) mass is 333 g/mol. The molecule has 5 heteroatoms. The summed E-state index contributed by atoms with van der Waals surface area (Å²) in [5, 5.41) is 0. The van der Waals surface area contributed by atoms with E-state index in [1.165, 1.54) is 7.11 Å². The van der Waals surface area contributed by atoms with Crippen molar-refractivity contribution < 1.29 is 19.1 Å². The highest BCUT2D eigenvalue weighted by molar-refractivity contribution is 5.78. The van der Waals surface area contributed by atoms with Gasteiger partial charge in [-0.1, -0.05) is 38.0 Å². The summed E-state index contributed by atoms with van der Waals surface area (Å²) in [7, 11) is 1.38. The van der Waals surface area contributed by atoms with Crippen LogP contribution in [0, 0.1) is 5.92 Å². The van der Waals surface area contributed by atoms with E-state index in [9.17, 15) is 9.59 Å². The Morgan fingerprint density at radius 2 is 1.88 bits per heavy atom. The number of methoxy groups -OCH3 is 1. The van der Waals surface area contributed by atoms with E-state index in [0.29, 0.717) is 19.6 Å². The van der Waals surface area contributed by atoms with E-state index in [2.05, 4.69) is 0 Å². The Balaban J connectivity index is 1.90. The van der Waals surface area contributed by atoms with Gasteiger partial charge in [0.15, 0.2) is 0 Å². The SMILES string of the molecule is COC(=O)C(C)CN(C(=O)CCOc1ccccc1)C1CCCC1. The number of para-hydroxylation sites is 1. The van der Waals surface area contributed by atoms with Crippen LogP contribution in [0.25, 0.3) is 0 Å². The van der Waals surface area contributed by atoms with E-state index in [1.54, 1.807) is 0 Å². The number of hydrogen-bond donors (Lipinski definition) is 0. The lowest BCUT2D eigenvalue weighted by Gasteiger charge is -2.31. The van der Waals surface area contributed by atoms with E-state index >= 15 is 0 Å². The average Bonchev–Trinajstić information content (AvgIpc) is 3.13. The second-order valence-electron chi connectivity index (χ2n) is 6.32. The molecule has 0 N–H and O–H groups in total. The predicted octanol–water partition coefficient (Wildman–Crippen LogP) is 3.04. The summed E-state index contributed by atoms with van der Waals surface area (Å²) in [5.41, 5.74) is 0. The van der Waals surface area contributed by atoms with Gasteiger partial charge < -0.3 is 14.4 Å². The van der Waals surface area contributed by atoms with E-state index in [-0.39, 0.29) is 23.8 Å². The van der Waals surface area contributed by atoms with Crippen LogP contribution in [0.2, 0.25) is 0 Å². The van der Waals surface area contributed by atoms with Crippen LogP contribution < -0.4 is 4.74 Å². The molecule has 1 aromatic rings. The molecule has 0 aliphatic heterocycles. The Bertz CT molecular complexity index is 525. The quantitative estimate of drug-likeness (QED) is 0.686. The molecule has 0 spiro atoms. The summed E-state index contributed by atoms with van der Waals surface area (Å²) in [5.74, 6) is 0.232. The van der Waals surface area contributed by atoms with Gasteiger partial charge in [-0.05, 0) is 25.0 Å². The summed E-state index contributed by atoms with van der Waals surface area (Å²) in [6.07, 6.45) is 4.63. The lowest BCUT2D eigenvalue weighted by Crippen LogP contribution is -2.43. The Kier molecular flexibility index (Phi) is 7.09. The third-order valence-electron chi connectivity index (χ3n) is 4.49. The van der Waals surface area contributed by atoms with E-state index in [1.807, 2.05) is 42.2 Å². The second kappa shape index (κ2) is 9.30. The Labute approximate surface area is 143 Å². The fraction of sp³-hybridized carbons (Fsp3) is 0.579. The molecule has 0 radical (unpaired) electrons. The molecule has 132 valence electrons. The first kappa shape index (κ1) is 18.3. The van der Waals surface area contributed by atoms with Crippen molar-refractivity contribution in [1.29, 1.82) is 0 Å². The lowest BCUT2D eigenvalue weighted by molar-refractivity contribution is -0.147. The number of carbonyl (C=O) groups excluding carboxylic acids is 2. The molecule has 5 nitrogen and oxygen atoms in total. The molecule has 0 heterocycles. The summed E-state index contributed by atoms with van der Waals surface area (Å²) < 4.78 is 10.4. The van der Waals surface area contributed by atoms with Gasteiger partial charge in [-0.15, -0.1) is 0 Å². The zero-order valence-corrected chi connectivity index (χ0v) is 14.6. The minimum absolute atomic E-state index is 0.0496. The number of ether oxygens (including phenoxy) is 2. The van der Waals surface area contributed by atoms with Crippen molar-refractivity contribution in [2.24, 2.45) is 5.92 Å². The van der Waals surface area contributed by atoms with Gasteiger partial charge in [0.1, 0.15) is 5.75 Å². The van der Waals surface area contributed by atoms with E-state index < -0.39 is 0 Å². The van der Waals surface area contributed by atoms with Crippen molar-refractivity contribution in [2.45, 2.75) is 45.1 Å². The van der Waals surface area contributed by atoms with Crippen molar-refractivity contribution in [2.75, 3.05) is 20.3 Å². The molecule has 1 aliphatic carbocycles. The molecule has 2 rings (SSSR count). The number of hydrogen-bond acceptors (Lipinski definition) is 4. The molecule has 1 aliphatic rings. The number of carbonyl (C=O) groups is 2. The topological polar surface area (TPSA) is 55.8 Å². The maximum absolute atomic E-state index is 12.7. The highest BCUT2D eigenvalue weighted by Crippen LogP contribution is 2.25. The van der Waals surface area contributed by atoms with Crippen LogP contribution in [-0.2, 0) is 14.3 Å². The molecular formula is C19H27NO4. The number of benzene rings is 1. The molecule has 1 unspecified atom stereocenters. The normalized spacial score (nSPS) is 15.8. The first-order chi connectivity index (χ1) is 11.6. The fourth-order valence-corrected chi connectivity index (χ4v) is 3.16. The number of nitrogens with zero attached hydrogens (tertiary/aromatic N) is 1. The molecule has 1 atom stereocenters. The van der Waals surface area contributed by atoms with Crippen molar-refractivity contribution in [3.05, 3.63) is 30.3 Å². The molecule has 24 heavy (non-hydrogen) atoms. The summed E-state index contributed by atoms with van der Waals surface area (Å²) in [4.78, 5) is 26.2. The molecule has 0 aromatic heterocycles. The average molecular weight is 333 g/mol. The molecule has 1 amide bonds. The zero-order valence-electron chi connectivity index (χ0n) is 14.6. The molecule has 0 saturated heterocycles. The standard InChI is InChI=1S/C19H27NO4/c1-15(19(22)23-2)14-20(16-8-6-7-9-16)18(21)12-13-24-17-10-4-3-5-11-17/h3-5,10-11,15-16H,6-9,12-14H2,1-2H3. The van der Waals surface area contributed by atoms with Crippen LogP contribution in [0.5, 0.6) is 5.75 Å². The van der Waals surface area contributed by atoms with Crippen molar-refractivity contribution in [3.8, 4) is 5.75 Å². The maximum Gasteiger partial charge on any atom is 0.310 e. The van der Waals surface area contributed by atoms with Crippen molar-refractivity contribution in [3.63, 3.8) is 0 Å². The van der Waals surface area contributed by atoms with Crippen LogP contribution in [0.15, 0.2) is 30.3 Å². The van der Waals surface area contributed by atoms with E-state index in [0.717, 1.165) is 31.4 Å². The van der Waals surface area contributed by atoms with Gasteiger partial charge in [0.05, 0.1) is 26.1 Å². The van der Waals surface area contributed by atoms with Crippen LogP contribution in [-0.4, -0.2) is 43.1 Å². The number of amides is 1. The minimum Gasteiger partial charge on any atom is -0.493 e. The minimum atomic E-state index is -0.311. The lowest BCUT2D eigenvalue weighted by atomic mass is 10.1. The Hall–Kier alpha value is -2.04. The van der Waals surface area contributed by atoms with Gasteiger partial charge in [0.25, 0.3) is 0 Å². The smallest absolute Gasteiger partial charge is 0.310 e. The summed E-state index contributed by atoms with van der Waals surface area (Å²) in [6, 6.07) is 9.71. The van der Waals surface area contributed by atoms with Crippen LogP contribution in [0.4, 0.5) is 0 Å². The van der Waals surface area contributed by atoms with Gasteiger partial charge in [0.2, 0.25) is 5.91 Å². The summed E-state index contributed by atoms with van der Waals surface area (Å²) in [6.45, 7) is 2.57. The zero-order chi connectivity index (χ0) is 17.4. The summed E-state index contributed by atoms with van der Waals surface area (Å²) >= 11 is 0. The van der Waals surface area contributed by atoms with Gasteiger partial charge in [-0.3, -0.25) is 9.59 Å². The fourth-order valence-electron chi connectivity index (χ4n) is 3.16. The number of rotatable bonds is 8. The molecule has 1 fully saturated rings. The molecular weight excluding hydrogens is 306 g/mol. The maximum atomic E-state index is 12.7. The van der Waals surface area contributed by atoms with Crippen molar-refractivity contribution >= 4 is 11.9 Å². The van der Waals surface area contributed by atoms with Crippen LogP contribution in [0.1, 0.15) is 39.0 Å². The van der Waals surface area contributed by atoms with Gasteiger partial charge in [-0.25, -0.2) is 0 Å². The third kappa shape index (κ3) is 5.25. The van der Waals surface area contributed by atoms with Crippen LogP contribution in [0.3, 0.4) is 0 Å². The van der Waals surface area contributed by atoms with Crippen molar-refractivity contribution in [1.82, 2.24) is 4.90 Å². The first-order valence-electron chi connectivity index (χ1n) is 8.67. The van der Waals surface area contributed by atoms with Gasteiger partial charge >= 0.3 is 5.97 Å². The highest BCUT2D eigenvalue weighted by atomic mass is 16.5. The number of esters is 1. The predicted molar refractivity (Wildman–Crippen MR) is 91.7 cm³/mol. The van der Waals surface area contributed by atoms with Gasteiger partial charge in [-0.2, -0.15) is 0 Å². The van der Waals surface area contributed by atoms with E-state index in [4.69, 9.17) is 9.47 Å². The Morgan fingerprint density at radius 3 is 2.50 bits per heavy atom. The second-order valence-corrected chi connectivity index (χ2v) is 6.32. The third-order valence-corrected chi connectivity index (χ3v) is 4.49. The first-order valence-corrected chi connectivity index (χ1v) is 8.67. The largest absolute Gasteiger partial charge is 0.493 e.